The standard InChI is InChI=1S/C11H12FN3O4/c12-7-2-1-3-8(10(7)15(17)18)14-4-5-19-9(6-14)11(13)16/h1-3,9H,4-6H2,(H2,13,16)/t9-/m0/s1. The molecule has 102 valence electrons. The number of nitrogens with zero attached hydrogens (tertiary/aromatic N) is 2. The summed E-state index contributed by atoms with van der Waals surface area (Å²) in [7, 11) is 0. The van der Waals surface area contributed by atoms with Crippen molar-refractivity contribution in [3.63, 3.8) is 0 Å². The van der Waals surface area contributed by atoms with Gasteiger partial charge in [0.2, 0.25) is 11.7 Å². The van der Waals surface area contributed by atoms with Crippen molar-refractivity contribution in [2.75, 3.05) is 24.6 Å². The van der Waals surface area contributed by atoms with Crippen LogP contribution in [0.15, 0.2) is 18.2 Å². The number of nitrogens with two attached hydrogens (primary N) is 1. The average molecular weight is 269 g/mol. The third-order valence-electron chi connectivity index (χ3n) is 2.87. The van der Waals surface area contributed by atoms with Gasteiger partial charge in [-0.15, -0.1) is 0 Å². The van der Waals surface area contributed by atoms with Gasteiger partial charge in [0.05, 0.1) is 18.1 Å². The van der Waals surface area contributed by atoms with Crippen LogP contribution in [-0.4, -0.2) is 36.6 Å². The van der Waals surface area contributed by atoms with E-state index in [1.165, 1.54) is 17.0 Å². The summed E-state index contributed by atoms with van der Waals surface area (Å²) in [5.41, 5.74) is 4.66. The van der Waals surface area contributed by atoms with Gasteiger partial charge in [-0.05, 0) is 12.1 Å². The third kappa shape index (κ3) is 2.63. The van der Waals surface area contributed by atoms with Crippen LogP contribution in [0.4, 0.5) is 15.8 Å². The molecule has 0 bridgehead atoms. The Morgan fingerprint density at radius 3 is 2.95 bits per heavy atom. The molecule has 1 saturated heterocycles. The lowest BCUT2D eigenvalue weighted by molar-refractivity contribution is -0.386. The van der Waals surface area contributed by atoms with Crippen LogP contribution >= 0.6 is 0 Å². The molecule has 1 aliphatic heterocycles. The van der Waals surface area contributed by atoms with E-state index in [0.29, 0.717) is 6.54 Å². The normalized spacial score (nSPS) is 19.2. The molecule has 2 N–H and O–H groups in total. The van der Waals surface area contributed by atoms with Gasteiger partial charge in [0, 0.05) is 6.54 Å². The summed E-state index contributed by atoms with van der Waals surface area (Å²) in [6.07, 6.45) is -0.850. The monoisotopic (exact) mass is 269 g/mol. The van der Waals surface area contributed by atoms with Gasteiger partial charge in [-0.2, -0.15) is 4.39 Å². The first kappa shape index (κ1) is 13.2. The summed E-state index contributed by atoms with van der Waals surface area (Å²) in [6.45, 7) is 0.592. The minimum absolute atomic E-state index is 0.0691. The second-order valence-corrected chi connectivity index (χ2v) is 4.07. The van der Waals surface area contributed by atoms with Crippen molar-refractivity contribution in [2.24, 2.45) is 5.73 Å². The van der Waals surface area contributed by atoms with Gasteiger partial charge in [0.15, 0.2) is 6.10 Å². The maximum Gasteiger partial charge on any atom is 0.327 e. The van der Waals surface area contributed by atoms with E-state index in [1.807, 2.05) is 0 Å². The second kappa shape index (κ2) is 5.19. The van der Waals surface area contributed by atoms with Crippen LogP contribution in [0.25, 0.3) is 0 Å². The molecule has 0 aliphatic carbocycles. The van der Waals surface area contributed by atoms with Crippen LogP contribution in [0.1, 0.15) is 0 Å². The summed E-state index contributed by atoms with van der Waals surface area (Å²) in [6, 6.07) is 3.84. The van der Waals surface area contributed by atoms with E-state index in [1.54, 1.807) is 0 Å². The van der Waals surface area contributed by atoms with Crippen LogP contribution in [-0.2, 0) is 9.53 Å². The fourth-order valence-corrected chi connectivity index (χ4v) is 1.98. The van der Waals surface area contributed by atoms with Crippen molar-refractivity contribution in [1.82, 2.24) is 0 Å². The molecule has 1 aliphatic rings. The molecule has 0 spiro atoms. The van der Waals surface area contributed by atoms with E-state index in [0.717, 1.165) is 6.07 Å². The van der Waals surface area contributed by atoms with Crippen LogP contribution in [0, 0.1) is 15.9 Å². The maximum atomic E-state index is 13.5. The van der Waals surface area contributed by atoms with E-state index in [-0.39, 0.29) is 18.8 Å². The number of hydrogen-bond acceptors (Lipinski definition) is 5. The number of rotatable bonds is 3. The summed E-state index contributed by atoms with van der Waals surface area (Å²) in [5, 5.41) is 10.9. The molecule has 0 radical (unpaired) electrons. The molecule has 8 heteroatoms. The Morgan fingerprint density at radius 2 is 2.32 bits per heavy atom. The third-order valence-corrected chi connectivity index (χ3v) is 2.87. The highest BCUT2D eigenvalue weighted by Gasteiger charge is 2.30. The molecular weight excluding hydrogens is 257 g/mol. The minimum Gasteiger partial charge on any atom is -0.367 e. The number of anilines is 1. The zero-order chi connectivity index (χ0) is 14.0. The second-order valence-electron chi connectivity index (χ2n) is 4.07. The summed E-state index contributed by atoms with van der Waals surface area (Å²) >= 11 is 0. The lowest BCUT2D eigenvalue weighted by Crippen LogP contribution is -2.48. The number of benzene rings is 1. The van der Waals surface area contributed by atoms with Gasteiger partial charge in [0.1, 0.15) is 5.69 Å². The topological polar surface area (TPSA) is 98.7 Å². The van der Waals surface area contributed by atoms with E-state index in [9.17, 15) is 19.3 Å². The van der Waals surface area contributed by atoms with Crippen molar-refractivity contribution >= 4 is 17.3 Å². The van der Waals surface area contributed by atoms with Crippen LogP contribution < -0.4 is 10.6 Å². The van der Waals surface area contributed by atoms with Crippen molar-refractivity contribution in [3.05, 3.63) is 34.1 Å². The van der Waals surface area contributed by atoms with Gasteiger partial charge in [-0.25, -0.2) is 0 Å². The highest BCUT2D eigenvalue weighted by molar-refractivity contribution is 5.80. The zero-order valence-corrected chi connectivity index (χ0v) is 9.91. The Morgan fingerprint density at radius 1 is 1.58 bits per heavy atom. The largest absolute Gasteiger partial charge is 0.367 e. The quantitative estimate of drug-likeness (QED) is 0.633. The number of ether oxygens (including phenoxy) is 1. The molecule has 1 heterocycles. The molecule has 19 heavy (non-hydrogen) atoms. The first-order valence-corrected chi connectivity index (χ1v) is 5.59. The van der Waals surface area contributed by atoms with Crippen molar-refractivity contribution in [1.29, 1.82) is 0 Å². The first-order chi connectivity index (χ1) is 9.00. The zero-order valence-electron chi connectivity index (χ0n) is 9.91. The van der Waals surface area contributed by atoms with Gasteiger partial charge >= 0.3 is 5.69 Å². The van der Waals surface area contributed by atoms with Crippen LogP contribution in [0.5, 0.6) is 0 Å². The highest BCUT2D eigenvalue weighted by Crippen LogP contribution is 2.31. The molecule has 1 aromatic rings. The molecule has 7 nitrogen and oxygen atoms in total. The van der Waals surface area contributed by atoms with Crippen molar-refractivity contribution in [3.8, 4) is 0 Å². The minimum atomic E-state index is -0.912. The lowest BCUT2D eigenvalue weighted by Gasteiger charge is -2.32. The molecule has 0 unspecified atom stereocenters. The number of para-hydroxylation sites is 1. The van der Waals surface area contributed by atoms with E-state index >= 15 is 0 Å². The molecule has 2 rings (SSSR count). The number of primary amides is 1. The Kier molecular flexibility index (Phi) is 3.61. The van der Waals surface area contributed by atoms with Crippen molar-refractivity contribution < 1.29 is 18.8 Å². The predicted molar refractivity (Wildman–Crippen MR) is 64.2 cm³/mol. The van der Waals surface area contributed by atoms with E-state index in [4.69, 9.17) is 10.5 Å². The molecule has 1 atom stereocenters. The fourth-order valence-electron chi connectivity index (χ4n) is 1.98. The van der Waals surface area contributed by atoms with Gasteiger partial charge in [-0.3, -0.25) is 14.9 Å². The summed E-state index contributed by atoms with van der Waals surface area (Å²) in [5.74, 6) is -1.56. The number of halogens is 1. The number of carbonyl (C=O) groups is 1. The van der Waals surface area contributed by atoms with Crippen LogP contribution in [0.3, 0.4) is 0 Å². The smallest absolute Gasteiger partial charge is 0.327 e. The lowest BCUT2D eigenvalue weighted by atomic mass is 10.2. The van der Waals surface area contributed by atoms with Gasteiger partial charge < -0.3 is 15.4 Å². The molecule has 1 aromatic carbocycles. The molecular formula is C11H12FN3O4. The average Bonchev–Trinajstić information content (AvgIpc) is 2.38. The Bertz CT molecular complexity index is 523. The predicted octanol–water partition coefficient (Wildman–Crippen LogP) is 0.424. The van der Waals surface area contributed by atoms with Gasteiger partial charge in [-0.1, -0.05) is 6.07 Å². The van der Waals surface area contributed by atoms with E-state index < -0.39 is 28.4 Å². The number of hydrogen-bond donors (Lipinski definition) is 1. The number of carbonyl (C=O) groups excluding carboxylic acids is 1. The maximum absolute atomic E-state index is 13.5. The number of nitro benzene ring substituents is 1. The Labute approximate surface area is 107 Å². The molecule has 0 aromatic heterocycles. The Balaban J connectivity index is 2.34. The highest BCUT2D eigenvalue weighted by atomic mass is 19.1. The number of amides is 1. The first-order valence-electron chi connectivity index (χ1n) is 5.59. The number of morpholine rings is 1. The van der Waals surface area contributed by atoms with Crippen LogP contribution in [0.2, 0.25) is 0 Å². The van der Waals surface area contributed by atoms with E-state index in [2.05, 4.69) is 0 Å². The molecule has 0 saturated carbocycles. The van der Waals surface area contributed by atoms with Crippen molar-refractivity contribution in [2.45, 2.75) is 6.10 Å². The molecule has 1 fully saturated rings. The summed E-state index contributed by atoms with van der Waals surface area (Å²) in [4.78, 5) is 22.7. The van der Waals surface area contributed by atoms with Gasteiger partial charge in [0.25, 0.3) is 0 Å². The summed E-state index contributed by atoms with van der Waals surface area (Å²) < 4.78 is 18.7. The number of nitro groups is 1. The fraction of sp³-hybridized carbons (Fsp3) is 0.364. The SMILES string of the molecule is NC(=O)[C@@H]1CN(c2cccc(F)c2[N+](=O)[O-])CCO1. The Hall–Kier alpha value is -2.22. The molecule has 1 amide bonds.